The molecule has 2 aromatic heterocycles. The smallest absolute Gasteiger partial charge is 0.229 e. The van der Waals surface area contributed by atoms with Crippen LogP contribution in [0.2, 0.25) is 0 Å². The normalized spacial score (nSPS) is 22.9. The van der Waals surface area contributed by atoms with Gasteiger partial charge in [-0.2, -0.15) is 0 Å². The largest absolute Gasteiger partial charge is 0.369 e. The van der Waals surface area contributed by atoms with E-state index in [4.69, 9.17) is 0 Å². The Balaban J connectivity index is 1.38. The summed E-state index contributed by atoms with van der Waals surface area (Å²) in [5, 5.41) is 2.88. The maximum absolute atomic E-state index is 12.2. The summed E-state index contributed by atoms with van der Waals surface area (Å²) in [5.41, 5.74) is 2.09. The van der Waals surface area contributed by atoms with Gasteiger partial charge in [0.25, 0.3) is 0 Å². The molecule has 2 bridgehead atoms. The Morgan fingerprint density at radius 3 is 2.74 bits per heavy atom. The van der Waals surface area contributed by atoms with Crippen LogP contribution in [0.15, 0.2) is 42.9 Å². The van der Waals surface area contributed by atoms with Gasteiger partial charge in [0.2, 0.25) is 5.91 Å². The van der Waals surface area contributed by atoms with Gasteiger partial charge in [0, 0.05) is 37.6 Å². The van der Waals surface area contributed by atoms with Gasteiger partial charge in [-0.25, -0.2) is 4.98 Å². The number of amides is 1. The van der Waals surface area contributed by atoms with E-state index in [2.05, 4.69) is 38.2 Å². The minimum absolute atomic E-state index is 0.0633. The Labute approximate surface area is 160 Å². The molecule has 6 nitrogen and oxygen atoms in total. The Kier molecular flexibility index (Phi) is 5.34. The molecule has 2 atom stereocenters. The third-order valence-electron chi connectivity index (χ3n) is 5.88. The first-order chi connectivity index (χ1) is 13.2. The molecule has 2 aromatic rings. The highest BCUT2D eigenvalue weighted by atomic mass is 16.1. The zero-order chi connectivity index (χ0) is 18.6. The number of pyridine rings is 2. The van der Waals surface area contributed by atoms with Crippen molar-refractivity contribution in [1.82, 2.24) is 14.9 Å². The number of likely N-dealkylation sites (N-methyl/N-ethyl adjacent to an activating group) is 1. The first kappa shape index (κ1) is 17.9. The number of nitrogens with one attached hydrogen (secondary N) is 1. The maximum Gasteiger partial charge on any atom is 0.229 e. The molecule has 27 heavy (non-hydrogen) atoms. The lowest BCUT2D eigenvalue weighted by atomic mass is 9.96. The van der Waals surface area contributed by atoms with Crippen LogP contribution in [0.4, 0.5) is 11.5 Å². The Morgan fingerprint density at radius 2 is 1.96 bits per heavy atom. The number of anilines is 2. The van der Waals surface area contributed by atoms with Crippen molar-refractivity contribution < 1.29 is 4.79 Å². The minimum atomic E-state index is -0.0633. The summed E-state index contributed by atoms with van der Waals surface area (Å²) in [6, 6.07) is 9.02. The van der Waals surface area contributed by atoms with E-state index in [1.165, 1.54) is 25.7 Å². The van der Waals surface area contributed by atoms with E-state index in [-0.39, 0.29) is 5.91 Å². The second kappa shape index (κ2) is 8.05. The summed E-state index contributed by atoms with van der Waals surface area (Å²) >= 11 is 0. The van der Waals surface area contributed by atoms with Crippen LogP contribution in [0, 0.1) is 0 Å². The monoisotopic (exact) mass is 365 g/mol. The van der Waals surface area contributed by atoms with Crippen LogP contribution in [0.25, 0.3) is 0 Å². The van der Waals surface area contributed by atoms with Crippen molar-refractivity contribution >= 4 is 17.4 Å². The lowest BCUT2D eigenvalue weighted by Crippen LogP contribution is -2.45. The standard InChI is InChI=1S/C21H27N5O/c1-25-17-3-2-4-19(25)15-26(12-9-17)18-5-6-20(23-14-18)24-21(27)13-16-7-10-22-11-8-16/h5-8,10-11,14,17,19H,2-4,9,12-13,15H2,1H3,(H,23,24,27). The zero-order valence-corrected chi connectivity index (χ0v) is 15.8. The van der Waals surface area contributed by atoms with Crippen LogP contribution in [-0.4, -0.2) is 53.0 Å². The number of carbonyl (C=O) groups excluding carboxylic acids is 1. The second-order valence-corrected chi connectivity index (χ2v) is 7.62. The van der Waals surface area contributed by atoms with Gasteiger partial charge in [-0.1, -0.05) is 6.42 Å². The number of aromatic nitrogens is 2. The Bertz CT molecular complexity index is 764. The molecule has 1 N–H and O–H groups in total. The van der Waals surface area contributed by atoms with Crippen molar-refractivity contribution in [3.8, 4) is 0 Å². The van der Waals surface area contributed by atoms with Gasteiger partial charge in [-0.3, -0.25) is 14.7 Å². The number of hydrogen-bond donors (Lipinski definition) is 1. The van der Waals surface area contributed by atoms with Crippen molar-refractivity contribution in [1.29, 1.82) is 0 Å². The van der Waals surface area contributed by atoms with E-state index in [1.54, 1.807) is 12.4 Å². The number of rotatable bonds is 4. The molecule has 2 saturated heterocycles. The first-order valence-corrected chi connectivity index (χ1v) is 9.81. The van der Waals surface area contributed by atoms with Crippen LogP contribution >= 0.6 is 0 Å². The molecular formula is C21H27N5O. The van der Waals surface area contributed by atoms with Gasteiger partial charge in [0.05, 0.1) is 18.3 Å². The molecule has 4 rings (SSSR count). The lowest BCUT2D eigenvalue weighted by molar-refractivity contribution is -0.115. The fourth-order valence-corrected chi connectivity index (χ4v) is 4.27. The second-order valence-electron chi connectivity index (χ2n) is 7.62. The van der Waals surface area contributed by atoms with Crippen molar-refractivity contribution in [2.75, 3.05) is 30.4 Å². The predicted molar refractivity (Wildman–Crippen MR) is 107 cm³/mol. The molecule has 2 unspecified atom stereocenters. The van der Waals surface area contributed by atoms with E-state index in [0.717, 1.165) is 24.3 Å². The van der Waals surface area contributed by atoms with Gasteiger partial charge in [-0.05, 0) is 56.1 Å². The van der Waals surface area contributed by atoms with E-state index >= 15 is 0 Å². The number of carbonyl (C=O) groups is 1. The van der Waals surface area contributed by atoms with E-state index < -0.39 is 0 Å². The molecule has 4 heterocycles. The van der Waals surface area contributed by atoms with Crippen LogP contribution in [-0.2, 0) is 11.2 Å². The fourth-order valence-electron chi connectivity index (χ4n) is 4.27. The van der Waals surface area contributed by atoms with Crippen molar-refractivity contribution in [3.63, 3.8) is 0 Å². The molecule has 0 spiro atoms. The van der Waals surface area contributed by atoms with E-state index in [9.17, 15) is 4.79 Å². The average Bonchev–Trinajstić information content (AvgIpc) is 2.77. The first-order valence-electron chi connectivity index (χ1n) is 9.81. The average molecular weight is 365 g/mol. The SMILES string of the molecule is CN1C2CCCC1CN(c1ccc(NC(=O)Cc3ccncc3)nc1)CC2. The quantitative estimate of drug-likeness (QED) is 0.903. The third-order valence-corrected chi connectivity index (χ3v) is 5.88. The van der Waals surface area contributed by atoms with E-state index in [1.807, 2.05) is 24.4 Å². The molecule has 0 saturated carbocycles. The lowest BCUT2D eigenvalue weighted by Gasteiger charge is -2.37. The highest BCUT2D eigenvalue weighted by Crippen LogP contribution is 2.29. The summed E-state index contributed by atoms with van der Waals surface area (Å²) in [7, 11) is 2.28. The molecule has 1 amide bonds. The van der Waals surface area contributed by atoms with E-state index in [0.29, 0.717) is 24.3 Å². The molecule has 2 aliphatic heterocycles. The summed E-state index contributed by atoms with van der Waals surface area (Å²) < 4.78 is 0. The predicted octanol–water partition coefficient (Wildman–Crippen LogP) is 2.72. The summed E-state index contributed by atoms with van der Waals surface area (Å²) in [4.78, 5) is 25.6. The number of fused-ring (bicyclic) bond motifs is 2. The van der Waals surface area contributed by atoms with Crippen molar-refractivity contribution in [2.45, 2.75) is 44.2 Å². The molecular weight excluding hydrogens is 338 g/mol. The summed E-state index contributed by atoms with van der Waals surface area (Å²) in [6.07, 6.45) is 10.8. The van der Waals surface area contributed by atoms with Gasteiger partial charge < -0.3 is 10.2 Å². The van der Waals surface area contributed by atoms with Crippen LogP contribution < -0.4 is 10.2 Å². The topological polar surface area (TPSA) is 61.4 Å². The molecule has 142 valence electrons. The maximum atomic E-state index is 12.2. The highest BCUT2D eigenvalue weighted by molar-refractivity contribution is 5.91. The van der Waals surface area contributed by atoms with Crippen LogP contribution in [0.5, 0.6) is 0 Å². The molecule has 6 heteroatoms. The van der Waals surface area contributed by atoms with Crippen LogP contribution in [0.3, 0.4) is 0 Å². The number of nitrogens with zero attached hydrogens (tertiary/aromatic N) is 4. The fraction of sp³-hybridized carbons (Fsp3) is 0.476. The number of piperidine rings is 1. The van der Waals surface area contributed by atoms with Gasteiger partial charge in [0.1, 0.15) is 5.82 Å². The van der Waals surface area contributed by atoms with Gasteiger partial charge in [0.15, 0.2) is 0 Å². The zero-order valence-electron chi connectivity index (χ0n) is 15.8. The number of hydrogen-bond acceptors (Lipinski definition) is 5. The molecule has 0 radical (unpaired) electrons. The molecule has 0 aromatic carbocycles. The van der Waals surface area contributed by atoms with Crippen LogP contribution in [0.1, 0.15) is 31.2 Å². The van der Waals surface area contributed by atoms with Crippen molar-refractivity contribution in [2.24, 2.45) is 0 Å². The minimum Gasteiger partial charge on any atom is -0.369 e. The highest BCUT2D eigenvalue weighted by Gasteiger charge is 2.32. The summed E-state index contributed by atoms with van der Waals surface area (Å²) in [6.45, 7) is 2.13. The third kappa shape index (κ3) is 4.27. The Hall–Kier alpha value is -2.47. The van der Waals surface area contributed by atoms with Gasteiger partial charge in [-0.15, -0.1) is 0 Å². The Morgan fingerprint density at radius 1 is 1.15 bits per heavy atom. The van der Waals surface area contributed by atoms with Gasteiger partial charge >= 0.3 is 0 Å². The molecule has 0 aliphatic carbocycles. The molecule has 2 aliphatic rings. The molecule has 2 fully saturated rings. The van der Waals surface area contributed by atoms with Crippen molar-refractivity contribution in [3.05, 3.63) is 48.4 Å². The summed E-state index contributed by atoms with van der Waals surface area (Å²) in [5.74, 6) is 0.537.